The minimum atomic E-state index is -0.960. The van der Waals surface area contributed by atoms with Gasteiger partial charge in [-0.3, -0.25) is 9.59 Å². The van der Waals surface area contributed by atoms with Crippen molar-refractivity contribution in [1.82, 2.24) is 4.90 Å². The van der Waals surface area contributed by atoms with Crippen LogP contribution >= 0.6 is 11.6 Å². The third-order valence-electron chi connectivity index (χ3n) is 3.38. The Morgan fingerprint density at radius 2 is 2.27 bits per heavy atom. The molecule has 0 radical (unpaired) electrons. The Balaban J connectivity index is 2.18. The molecule has 1 amide bonds. The fourth-order valence-electron chi connectivity index (χ4n) is 2.37. The van der Waals surface area contributed by atoms with Crippen LogP contribution in [0.1, 0.15) is 23.7 Å². The van der Waals surface area contributed by atoms with Gasteiger partial charge in [0.15, 0.2) is 0 Å². The molecule has 1 fully saturated rings. The number of nitrogens with zero attached hydrogens (tertiary/aromatic N) is 1. The third-order valence-corrected chi connectivity index (χ3v) is 3.67. The van der Waals surface area contributed by atoms with Gasteiger partial charge in [0.25, 0.3) is 5.91 Å². The molecule has 1 aromatic carbocycles. The van der Waals surface area contributed by atoms with E-state index in [4.69, 9.17) is 26.2 Å². The molecule has 1 atom stereocenters. The van der Waals surface area contributed by atoms with E-state index < -0.39 is 12.0 Å². The van der Waals surface area contributed by atoms with E-state index in [1.54, 1.807) is 18.2 Å². The molecule has 1 aliphatic heterocycles. The monoisotopic (exact) mass is 327 g/mol. The predicted molar refractivity (Wildman–Crippen MR) is 80.5 cm³/mol. The number of morpholine rings is 1. The number of hydrogen-bond donors (Lipinski definition) is 1. The quantitative estimate of drug-likeness (QED) is 0.895. The summed E-state index contributed by atoms with van der Waals surface area (Å²) in [4.78, 5) is 25.0. The number of benzene rings is 1. The molecule has 1 aliphatic rings. The number of carboxylic acids is 1. The van der Waals surface area contributed by atoms with Crippen LogP contribution in [0.25, 0.3) is 0 Å². The van der Waals surface area contributed by atoms with Gasteiger partial charge in [-0.1, -0.05) is 11.6 Å². The summed E-state index contributed by atoms with van der Waals surface area (Å²) in [5, 5.41) is 9.30. The first-order chi connectivity index (χ1) is 10.5. The SMILES string of the molecule is CCOc1ccc(C(=O)N2CCOC[C@H]2CC(=O)O)cc1Cl. The van der Waals surface area contributed by atoms with Crippen LogP contribution in [0.4, 0.5) is 0 Å². The van der Waals surface area contributed by atoms with Crippen LogP contribution in [0.3, 0.4) is 0 Å². The molecule has 22 heavy (non-hydrogen) atoms. The van der Waals surface area contributed by atoms with Crippen LogP contribution in [-0.4, -0.2) is 54.3 Å². The lowest BCUT2D eigenvalue weighted by molar-refractivity contribution is -0.139. The topological polar surface area (TPSA) is 76.1 Å². The summed E-state index contributed by atoms with van der Waals surface area (Å²) in [7, 11) is 0. The second-order valence-electron chi connectivity index (χ2n) is 4.90. The summed E-state index contributed by atoms with van der Waals surface area (Å²) < 4.78 is 10.6. The Bertz CT molecular complexity index is 563. The summed E-state index contributed by atoms with van der Waals surface area (Å²) in [6.45, 7) is 3.31. The number of carboxylic acid groups (broad SMARTS) is 1. The first-order valence-corrected chi connectivity index (χ1v) is 7.43. The Hall–Kier alpha value is -1.79. The van der Waals surface area contributed by atoms with E-state index in [9.17, 15) is 9.59 Å². The summed E-state index contributed by atoms with van der Waals surface area (Å²) in [6, 6.07) is 4.35. The Morgan fingerprint density at radius 1 is 1.50 bits per heavy atom. The van der Waals surface area contributed by atoms with E-state index in [-0.39, 0.29) is 18.9 Å². The van der Waals surface area contributed by atoms with Crippen molar-refractivity contribution >= 4 is 23.5 Å². The highest BCUT2D eigenvalue weighted by Crippen LogP contribution is 2.26. The molecule has 0 saturated carbocycles. The smallest absolute Gasteiger partial charge is 0.305 e. The van der Waals surface area contributed by atoms with Crippen molar-refractivity contribution in [1.29, 1.82) is 0 Å². The minimum absolute atomic E-state index is 0.142. The van der Waals surface area contributed by atoms with E-state index in [1.165, 1.54) is 4.90 Å². The second kappa shape index (κ2) is 7.47. The zero-order valence-corrected chi connectivity index (χ0v) is 13.0. The second-order valence-corrected chi connectivity index (χ2v) is 5.31. The van der Waals surface area contributed by atoms with E-state index in [0.717, 1.165) is 0 Å². The Morgan fingerprint density at radius 3 is 2.91 bits per heavy atom. The van der Waals surface area contributed by atoms with Gasteiger partial charge in [-0.15, -0.1) is 0 Å². The maximum atomic E-state index is 12.6. The zero-order chi connectivity index (χ0) is 16.1. The molecule has 0 aromatic heterocycles. The van der Waals surface area contributed by atoms with Crippen LogP contribution in [0, 0.1) is 0 Å². The third kappa shape index (κ3) is 3.90. The van der Waals surface area contributed by atoms with Gasteiger partial charge < -0.3 is 19.5 Å². The molecule has 1 heterocycles. The lowest BCUT2D eigenvalue weighted by Crippen LogP contribution is -2.49. The predicted octanol–water partition coefficient (Wildman–Crippen LogP) is 2.05. The van der Waals surface area contributed by atoms with Gasteiger partial charge in [-0.25, -0.2) is 0 Å². The number of ether oxygens (including phenoxy) is 2. The normalized spacial score (nSPS) is 18.1. The highest BCUT2D eigenvalue weighted by Gasteiger charge is 2.30. The first-order valence-electron chi connectivity index (χ1n) is 7.05. The Labute approximate surface area is 133 Å². The molecule has 1 saturated heterocycles. The molecule has 0 spiro atoms. The average molecular weight is 328 g/mol. The lowest BCUT2D eigenvalue weighted by atomic mass is 10.1. The summed E-state index contributed by atoms with van der Waals surface area (Å²) in [5.74, 6) is -0.692. The van der Waals surface area contributed by atoms with Crippen LogP contribution in [0.2, 0.25) is 5.02 Å². The fraction of sp³-hybridized carbons (Fsp3) is 0.467. The lowest BCUT2D eigenvalue weighted by Gasteiger charge is -2.35. The number of rotatable bonds is 5. The highest BCUT2D eigenvalue weighted by molar-refractivity contribution is 6.32. The van der Waals surface area contributed by atoms with E-state index >= 15 is 0 Å². The van der Waals surface area contributed by atoms with Crippen LogP contribution in [0.5, 0.6) is 5.75 Å². The summed E-state index contributed by atoms with van der Waals surface area (Å²) >= 11 is 6.10. The molecule has 1 aromatic rings. The maximum Gasteiger partial charge on any atom is 0.305 e. The van der Waals surface area contributed by atoms with Crippen LogP contribution in [0.15, 0.2) is 18.2 Å². The van der Waals surface area contributed by atoms with Gasteiger partial charge in [0, 0.05) is 12.1 Å². The van der Waals surface area contributed by atoms with Crippen molar-refractivity contribution in [2.45, 2.75) is 19.4 Å². The minimum Gasteiger partial charge on any atom is -0.492 e. The van der Waals surface area contributed by atoms with Gasteiger partial charge in [0.05, 0.1) is 37.3 Å². The number of carbonyl (C=O) groups excluding carboxylic acids is 1. The van der Waals surface area contributed by atoms with Gasteiger partial charge in [-0.05, 0) is 25.1 Å². The highest BCUT2D eigenvalue weighted by atomic mass is 35.5. The van der Waals surface area contributed by atoms with Gasteiger partial charge in [0.2, 0.25) is 0 Å². The van der Waals surface area contributed by atoms with Gasteiger partial charge >= 0.3 is 5.97 Å². The molecule has 7 heteroatoms. The molecule has 0 aliphatic carbocycles. The van der Waals surface area contributed by atoms with Crippen molar-refractivity contribution in [3.63, 3.8) is 0 Å². The Kier molecular flexibility index (Phi) is 5.63. The first kappa shape index (κ1) is 16.6. The standard InChI is InChI=1S/C15H18ClNO5/c1-2-22-13-4-3-10(7-12(13)16)15(20)17-5-6-21-9-11(17)8-14(18)19/h3-4,7,11H,2,5-6,8-9H2,1H3,(H,18,19)/t11-/m1/s1. The molecule has 0 bridgehead atoms. The molecule has 6 nitrogen and oxygen atoms in total. The van der Waals surface area contributed by atoms with Gasteiger partial charge in [0.1, 0.15) is 5.75 Å². The zero-order valence-electron chi connectivity index (χ0n) is 12.3. The van der Waals surface area contributed by atoms with E-state index in [0.29, 0.717) is 36.1 Å². The van der Waals surface area contributed by atoms with Crippen molar-refractivity contribution in [2.24, 2.45) is 0 Å². The van der Waals surface area contributed by atoms with Crippen molar-refractivity contribution in [3.05, 3.63) is 28.8 Å². The average Bonchev–Trinajstić information content (AvgIpc) is 2.49. The van der Waals surface area contributed by atoms with Crippen LogP contribution in [-0.2, 0) is 9.53 Å². The molecule has 120 valence electrons. The number of hydrogen-bond acceptors (Lipinski definition) is 4. The maximum absolute atomic E-state index is 12.6. The number of carbonyl (C=O) groups is 2. The molecule has 2 rings (SSSR count). The summed E-state index contributed by atoms with van der Waals surface area (Å²) in [5.41, 5.74) is 0.408. The van der Waals surface area contributed by atoms with Crippen molar-refractivity contribution in [2.75, 3.05) is 26.4 Å². The molecular weight excluding hydrogens is 310 g/mol. The molecule has 1 N–H and O–H groups in total. The van der Waals surface area contributed by atoms with Crippen molar-refractivity contribution in [3.8, 4) is 5.75 Å². The van der Waals surface area contributed by atoms with Gasteiger partial charge in [-0.2, -0.15) is 0 Å². The molecular formula is C15H18ClNO5. The van der Waals surface area contributed by atoms with Crippen LogP contribution < -0.4 is 4.74 Å². The molecule has 0 unspecified atom stereocenters. The van der Waals surface area contributed by atoms with E-state index in [1.807, 2.05) is 6.92 Å². The summed E-state index contributed by atoms with van der Waals surface area (Å²) in [6.07, 6.45) is -0.142. The van der Waals surface area contributed by atoms with Crippen molar-refractivity contribution < 1.29 is 24.2 Å². The number of amides is 1. The van der Waals surface area contributed by atoms with E-state index in [2.05, 4.69) is 0 Å². The largest absolute Gasteiger partial charge is 0.492 e. The number of halogens is 1. The number of aliphatic carboxylic acids is 1. The fourth-order valence-corrected chi connectivity index (χ4v) is 2.60.